The molecule has 0 spiro atoms. The van der Waals surface area contributed by atoms with Crippen LogP contribution in [0.5, 0.6) is 0 Å². The summed E-state index contributed by atoms with van der Waals surface area (Å²) in [7, 11) is 0. The van der Waals surface area contributed by atoms with Gasteiger partial charge in [0.05, 0.1) is 24.2 Å². The summed E-state index contributed by atoms with van der Waals surface area (Å²) in [4.78, 5) is 45.5. The number of nitrogens with zero attached hydrogens (tertiary/aromatic N) is 6. The van der Waals surface area contributed by atoms with Crippen molar-refractivity contribution in [3.05, 3.63) is 34.0 Å². The summed E-state index contributed by atoms with van der Waals surface area (Å²) < 4.78 is 2.16. The van der Waals surface area contributed by atoms with Crippen LogP contribution in [0.3, 0.4) is 0 Å². The topological polar surface area (TPSA) is 182 Å². The summed E-state index contributed by atoms with van der Waals surface area (Å²) in [5, 5.41) is 38.6. The highest BCUT2D eigenvalue weighted by Crippen LogP contribution is 2.31. The second kappa shape index (κ2) is 13.6. The van der Waals surface area contributed by atoms with Gasteiger partial charge in [-0.05, 0) is 47.0 Å². The Labute approximate surface area is 246 Å². The molecule has 2 aromatic heterocycles. The third kappa shape index (κ3) is 7.82. The number of aromatic nitrogens is 4. The van der Waals surface area contributed by atoms with Crippen LogP contribution in [0.1, 0.15) is 99.4 Å². The summed E-state index contributed by atoms with van der Waals surface area (Å²) in [6.07, 6.45) is 1.31. The molecule has 13 nitrogen and oxygen atoms in total. The van der Waals surface area contributed by atoms with E-state index in [0.717, 1.165) is 50.7 Å². The molecule has 1 saturated heterocycles. The number of aliphatic carboxylic acids is 3. The Balaban J connectivity index is 0.000000316. The first-order valence-electron chi connectivity index (χ1n) is 14.4. The predicted octanol–water partition coefficient (Wildman–Crippen LogP) is 2.90. The standard InChI is InChI=1S/C23H36N6.C6H8O7/c1-15(2)22-24-21-14-27(13-20-17(5)26-29(16(3)4)18(20)6)12-9-19(21)23(25-22)28-10-7-8-11-28;7-3(8)1-6(13,5(11)12)2-4(9)10/h15-16H,7-14H2,1-6H3;13H,1-2H2,(H,7,8)(H,9,10)(H,11,12). The van der Waals surface area contributed by atoms with Crippen LogP contribution in [0.25, 0.3) is 0 Å². The first kappa shape index (κ1) is 32.9. The summed E-state index contributed by atoms with van der Waals surface area (Å²) >= 11 is 0. The van der Waals surface area contributed by atoms with Gasteiger partial charge < -0.3 is 25.3 Å². The van der Waals surface area contributed by atoms with Crippen molar-refractivity contribution in [2.75, 3.05) is 24.5 Å². The smallest absolute Gasteiger partial charge is 0.336 e. The SMILES string of the molecule is Cc1nn(C(C)C)c(C)c1CN1CCc2c(nc(C(C)C)nc2N2CCCC2)C1.O=C(O)CC(O)(CC(=O)O)C(=O)O. The van der Waals surface area contributed by atoms with E-state index >= 15 is 0 Å². The molecule has 232 valence electrons. The number of carbonyl (C=O) groups is 3. The fourth-order valence-electron chi connectivity index (χ4n) is 5.43. The molecule has 2 aliphatic heterocycles. The van der Waals surface area contributed by atoms with Gasteiger partial charge in [-0.2, -0.15) is 5.10 Å². The number of aliphatic hydroxyl groups is 1. The van der Waals surface area contributed by atoms with E-state index in [4.69, 9.17) is 35.5 Å². The minimum atomic E-state index is -2.74. The fourth-order valence-corrected chi connectivity index (χ4v) is 5.43. The van der Waals surface area contributed by atoms with Crippen LogP contribution in [0.15, 0.2) is 0 Å². The summed E-state index contributed by atoms with van der Waals surface area (Å²) in [5.74, 6) is -2.45. The minimum absolute atomic E-state index is 0.353. The van der Waals surface area contributed by atoms with Crippen LogP contribution < -0.4 is 4.90 Å². The normalized spacial score (nSPS) is 15.5. The molecule has 0 atom stereocenters. The first-order valence-corrected chi connectivity index (χ1v) is 14.4. The second-order valence-corrected chi connectivity index (χ2v) is 11.8. The molecule has 2 aliphatic rings. The molecule has 42 heavy (non-hydrogen) atoms. The summed E-state index contributed by atoms with van der Waals surface area (Å²) in [6.45, 7) is 18.3. The molecule has 2 aromatic rings. The van der Waals surface area contributed by atoms with Crippen LogP contribution >= 0.6 is 0 Å². The Morgan fingerprint density at radius 3 is 2.00 bits per heavy atom. The Morgan fingerprint density at radius 1 is 0.929 bits per heavy atom. The third-order valence-corrected chi connectivity index (χ3v) is 7.69. The minimum Gasteiger partial charge on any atom is -0.481 e. The molecule has 0 bridgehead atoms. The van der Waals surface area contributed by atoms with Crippen molar-refractivity contribution < 1.29 is 34.8 Å². The molecule has 0 radical (unpaired) electrons. The summed E-state index contributed by atoms with van der Waals surface area (Å²) in [6, 6.07) is 0.397. The molecule has 4 rings (SSSR count). The lowest BCUT2D eigenvalue weighted by molar-refractivity contribution is -0.170. The van der Waals surface area contributed by atoms with Gasteiger partial charge in [-0.1, -0.05) is 13.8 Å². The van der Waals surface area contributed by atoms with Gasteiger partial charge in [-0.25, -0.2) is 14.8 Å². The van der Waals surface area contributed by atoms with Gasteiger partial charge in [-0.15, -0.1) is 0 Å². The number of fused-ring (bicyclic) bond motifs is 1. The Kier molecular flexibility index (Phi) is 10.7. The average molecular weight is 589 g/mol. The van der Waals surface area contributed by atoms with Gasteiger partial charge in [0.2, 0.25) is 0 Å². The van der Waals surface area contributed by atoms with Crippen LogP contribution in [0, 0.1) is 13.8 Å². The Morgan fingerprint density at radius 2 is 1.52 bits per heavy atom. The predicted molar refractivity (Wildman–Crippen MR) is 155 cm³/mol. The van der Waals surface area contributed by atoms with Crippen LogP contribution in [0.2, 0.25) is 0 Å². The van der Waals surface area contributed by atoms with Crippen LogP contribution in [-0.2, 0) is 33.9 Å². The molecule has 4 heterocycles. The highest BCUT2D eigenvalue weighted by molar-refractivity contribution is 5.88. The van der Waals surface area contributed by atoms with Gasteiger partial charge in [0, 0.05) is 61.5 Å². The number of hydrogen-bond donors (Lipinski definition) is 4. The highest BCUT2D eigenvalue weighted by Gasteiger charge is 2.40. The van der Waals surface area contributed by atoms with Crippen molar-refractivity contribution in [3.63, 3.8) is 0 Å². The fraction of sp³-hybridized carbons (Fsp3) is 0.655. The largest absolute Gasteiger partial charge is 0.481 e. The molecule has 0 amide bonds. The van der Waals surface area contributed by atoms with E-state index in [1.54, 1.807) is 0 Å². The zero-order valence-electron chi connectivity index (χ0n) is 25.4. The van der Waals surface area contributed by atoms with E-state index in [1.165, 1.54) is 41.2 Å². The van der Waals surface area contributed by atoms with Gasteiger partial charge in [0.1, 0.15) is 11.6 Å². The lowest BCUT2D eigenvalue weighted by Crippen LogP contribution is -2.42. The van der Waals surface area contributed by atoms with E-state index in [1.807, 2.05) is 0 Å². The molecule has 0 aromatic carbocycles. The van der Waals surface area contributed by atoms with Crippen molar-refractivity contribution in [3.8, 4) is 0 Å². The van der Waals surface area contributed by atoms with E-state index in [2.05, 4.69) is 56.0 Å². The summed E-state index contributed by atoms with van der Waals surface area (Å²) in [5.41, 5.74) is 3.72. The van der Waals surface area contributed by atoms with Crippen LogP contribution in [-0.4, -0.2) is 88.2 Å². The van der Waals surface area contributed by atoms with E-state index < -0.39 is 36.4 Å². The molecule has 4 N–H and O–H groups in total. The second-order valence-electron chi connectivity index (χ2n) is 11.8. The molecule has 0 aliphatic carbocycles. The Hall–Kier alpha value is -3.58. The maximum Gasteiger partial charge on any atom is 0.336 e. The lowest BCUT2D eigenvalue weighted by atomic mass is 9.96. The van der Waals surface area contributed by atoms with Crippen molar-refractivity contribution in [2.45, 2.75) is 104 Å². The van der Waals surface area contributed by atoms with E-state index in [9.17, 15) is 14.4 Å². The van der Waals surface area contributed by atoms with E-state index in [-0.39, 0.29) is 0 Å². The first-order chi connectivity index (χ1) is 19.6. The van der Waals surface area contributed by atoms with Gasteiger partial charge in [0.15, 0.2) is 5.60 Å². The number of carboxylic acids is 3. The number of anilines is 1. The third-order valence-electron chi connectivity index (χ3n) is 7.69. The maximum absolute atomic E-state index is 10.3. The van der Waals surface area contributed by atoms with Crippen molar-refractivity contribution in [2.24, 2.45) is 0 Å². The van der Waals surface area contributed by atoms with Crippen molar-refractivity contribution in [1.82, 2.24) is 24.6 Å². The van der Waals surface area contributed by atoms with Gasteiger partial charge in [0.25, 0.3) is 0 Å². The van der Waals surface area contributed by atoms with Crippen LogP contribution in [0.4, 0.5) is 5.82 Å². The molecular formula is C29H44N6O7. The number of aryl methyl sites for hydroxylation is 1. The Bertz CT molecular complexity index is 1280. The lowest BCUT2D eigenvalue weighted by Gasteiger charge is -2.31. The molecule has 0 unspecified atom stereocenters. The molecule has 1 fully saturated rings. The monoisotopic (exact) mass is 588 g/mol. The zero-order valence-corrected chi connectivity index (χ0v) is 25.4. The highest BCUT2D eigenvalue weighted by atomic mass is 16.4. The quantitative estimate of drug-likeness (QED) is 0.319. The number of rotatable bonds is 10. The zero-order chi connectivity index (χ0) is 31.4. The maximum atomic E-state index is 10.3. The van der Waals surface area contributed by atoms with Crippen molar-refractivity contribution in [1.29, 1.82) is 0 Å². The number of hydrogen-bond acceptors (Lipinski definition) is 9. The van der Waals surface area contributed by atoms with E-state index in [0.29, 0.717) is 12.0 Å². The van der Waals surface area contributed by atoms with Gasteiger partial charge >= 0.3 is 17.9 Å². The molecule has 13 heteroatoms. The molecule has 0 saturated carbocycles. The number of carboxylic acid groups (broad SMARTS) is 3. The van der Waals surface area contributed by atoms with Crippen molar-refractivity contribution >= 4 is 23.7 Å². The molecular weight excluding hydrogens is 544 g/mol. The average Bonchev–Trinajstić information content (AvgIpc) is 3.52. The van der Waals surface area contributed by atoms with Gasteiger partial charge in [-0.3, -0.25) is 19.2 Å².